The van der Waals surface area contributed by atoms with E-state index in [1.807, 2.05) is 56.3 Å². The number of pyridine rings is 1. The Kier molecular flexibility index (Phi) is 4.65. The van der Waals surface area contributed by atoms with E-state index in [-0.39, 0.29) is 5.91 Å². The zero-order valence-corrected chi connectivity index (χ0v) is 14.9. The third-order valence-corrected chi connectivity index (χ3v) is 3.94. The number of nitrogens with zero attached hydrogens (tertiary/aromatic N) is 3. The predicted molar refractivity (Wildman–Crippen MR) is 96.2 cm³/mol. The minimum Gasteiger partial charge on any atom is -0.359 e. The molecule has 0 radical (unpaired) electrons. The first kappa shape index (κ1) is 16.9. The van der Waals surface area contributed by atoms with Crippen molar-refractivity contribution in [1.29, 1.82) is 0 Å². The molecule has 0 bridgehead atoms. The summed E-state index contributed by atoms with van der Waals surface area (Å²) in [4.78, 5) is 18.7. The van der Waals surface area contributed by atoms with Crippen molar-refractivity contribution in [3.05, 3.63) is 70.7 Å². The van der Waals surface area contributed by atoms with E-state index in [2.05, 4.69) is 17.1 Å². The average Bonchev–Trinajstić information content (AvgIpc) is 2.98. The van der Waals surface area contributed by atoms with Gasteiger partial charge in [0.2, 0.25) is 0 Å². The zero-order chi connectivity index (χ0) is 18.0. The van der Waals surface area contributed by atoms with Crippen LogP contribution in [0.15, 0.2) is 47.0 Å². The van der Waals surface area contributed by atoms with Crippen molar-refractivity contribution in [2.24, 2.45) is 0 Å². The van der Waals surface area contributed by atoms with Crippen LogP contribution in [-0.4, -0.2) is 28.0 Å². The maximum atomic E-state index is 12.6. The number of aromatic nitrogens is 2. The number of aryl methyl sites for hydroxylation is 3. The topological polar surface area (TPSA) is 59.2 Å². The van der Waals surface area contributed by atoms with Crippen LogP contribution in [0.2, 0.25) is 0 Å². The first-order valence-corrected chi connectivity index (χ1v) is 8.16. The van der Waals surface area contributed by atoms with E-state index >= 15 is 0 Å². The van der Waals surface area contributed by atoms with Gasteiger partial charge in [-0.25, -0.2) is 0 Å². The molecule has 1 amide bonds. The van der Waals surface area contributed by atoms with E-state index in [0.29, 0.717) is 17.9 Å². The van der Waals surface area contributed by atoms with Gasteiger partial charge in [0.25, 0.3) is 5.91 Å². The van der Waals surface area contributed by atoms with Crippen LogP contribution in [0.3, 0.4) is 0 Å². The standard InChI is InChI=1S/C20H21N3O2/c1-13-9-14(2)21-19(10-13)16-5-7-17(8-6-16)20(24)23(4)12-18-11-15(3)22-25-18/h5-11H,12H2,1-4H3. The summed E-state index contributed by atoms with van der Waals surface area (Å²) in [5.74, 6) is 0.610. The Morgan fingerprint density at radius 2 is 1.76 bits per heavy atom. The fraction of sp³-hybridized carbons (Fsp3) is 0.250. The third-order valence-electron chi connectivity index (χ3n) is 3.94. The van der Waals surface area contributed by atoms with Crippen molar-refractivity contribution in [3.8, 4) is 11.3 Å². The molecule has 2 aromatic heterocycles. The number of hydrogen-bond donors (Lipinski definition) is 0. The molecule has 5 heteroatoms. The summed E-state index contributed by atoms with van der Waals surface area (Å²) in [6, 6.07) is 13.4. The van der Waals surface area contributed by atoms with E-state index in [4.69, 9.17) is 4.52 Å². The molecule has 0 aliphatic heterocycles. The van der Waals surface area contributed by atoms with Crippen molar-refractivity contribution < 1.29 is 9.32 Å². The van der Waals surface area contributed by atoms with Gasteiger partial charge in [0.15, 0.2) is 5.76 Å². The molecule has 128 valence electrons. The van der Waals surface area contributed by atoms with Crippen LogP contribution in [0, 0.1) is 20.8 Å². The maximum absolute atomic E-state index is 12.6. The first-order valence-electron chi connectivity index (χ1n) is 8.16. The molecule has 3 aromatic rings. The number of benzene rings is 1. The monoisotopic (exact) mass is 335 g/mol. The minimum atomic E-state index is -0.0611. The molecular weight excluding hydrogens is 314 g/mol. The van der Waals surface area contributed by atoms with Gasteiger partial charge in [-0.05, 0) is 50.6 Å². The van der Waals surface area contributed by atoms with Crippen LogP contribution in [0.1, 0.15) is 33.1 Å². The van der Waals surface area contributed by atoms with Crippen molar-refractivity contribution in [2.45, 2.75) is 27.3 Å². The van der Waals surface area contributed by atoms with Crippen molar-refractivity contribution >= 4 is 5.91 Å². The van der Waals surface area contributed by atoms with E-state index in [9.17, 15) is 4.79 Å². The number of amides is 1. The Morgan fingerprint density at radius 3 is 2.36 bits per heavy atom. The average molecular weight is 335 g/mol. The number of hydrogen-bond acceptors (Lipinski definition) is 4. The second kappa shape index (κ2) is 6.89. The van der Waals surface area contributed by atoms with Crippen LogP contribution < -0.4 is 0 Å². The largest absolute Gasteiger partial charge is 0.359 e. The molecule has 0 saturated heterocycles. The van der Waals surface area contributed by atoms with Crippen LogP contribution >= 0.6 is 0 Å². The number of carbonyl (C=O) groups excluding carboxylic acids is 1. The van der Waals surface area contributed by atoms with Gasteiger partial charge in [0.05, 0.1) is 17.9 Å². The number of carbonyl (C=O) groups is 1. The predicted octanol–water partition coefficient (Wildman–Crippen LogP) is 3.93. The molecule has 0 atom stereocenters. The lowest BCUT2D eigenvalue weighted by atomic mass is 10.1. The van der Waals surface area contributed by atoms with E-state index in [1.54, 1.807) is 11.9 Å². The highest BCUT2D eigenvalue weighted by atomic mass is 16.5. The van der Waals surface area contributed by atoms with Gasteiger partial charge in [-0.15, -0.1) is 0 Å². The van der Waals surface area contributed by atoms with Gasteiger partial charge in [-0.2, -0.15) is 0 Å². The van der Waals surface area contributed by atoms with Gasteiger partial charge in [0, 0.05) is 29.9 Å². The molecule has 0 fully saturated rings. The molecule has 0 aliphatic rings. The van der Waals surface area contributed by atoms with Crippen LogP contribution in [0.4, 0.5) is 0 Å². The lowest BCUT2D eigenvalue weighted by Crippen LogP contribution is -2.25. The summed E-state index contributed by atoms with van der Waals surface area (Å²) in [6.45, 7) is 6.28. The number of rotatable bonds is 4. The highest BCUT2D eigenvalue weighted by molar-refractivity contribution is 5.94. The molecule has 0 saturated carbocycles. The Balaban J connectivity index is 1.76. The Labute approximate surface area is 147 Å². The molecular formula is C20H21N3O2. The van der Waals surface area contributed by atoms with E-state index in [0.717, 1.165) is 22.6 Å². The first-order chi connectivity index (χ1) is 11.9. The van der Waals surface area contributed by atoms with Crippen LogP contribution in [0.25, 0.3) is 11.3 Å². The zero-order valence-electron chi connectivity index (χ0n) is 14.9. The van der Waals surface area contributed by atoms with Crippen LogP contribution in [-0.2, 0) is 6.54 Å². The highest BCUT2D eigenvalue weighted by Gasteiger charge is 2.14. The summed E-state index contributed by atoms with van der Waals surface area (Å²) in [5, 5.41) is 3.84. The maximum Gasteiger partial charge on any atom is 0.254 e. The van der Waals surface area contributed by atoms with Crippen molar-refractivity contribution in [1.82, 2.24) is 15.0 Å². The molecule has 3 rings (SSSR count). The molecule has 25 heavy (non-hydrogen) atoms. The van der Waals surface area contributed by atoms with Gasteiger partial charge < -0.3 is 9.42 Å². The van der Waals surface area contributed by atoms with Gasteiger partial charge >= 0.3 is 0 Å². The normalized spacial score (nSPS) is 10.7. The van der Waals surface area contributed by atoms with E-state index in [1.165, 1.54) is 5.56 Å². The Bertz CT molecular complexity index is 877. The second-order valence-corrected chi connectivity index (χ2v) is 6.34. The lowest BCUT2D eigenvalue weighted by Gasteiger charge is -2.15. The molecule has 0 N–H and O–H groups in total. The molecule has 0 aliphatic carbocycles. The van der Waals surface area contributed by atoms with Gasteiger partial charge in [0.1, 0.15) is 0 Å². The summed E-state index contributed by atoms with van der Waals surface area (Å²) < 4.78 is 5.17. The summed E-state index contributed by atoms with van der Waals surface area (Å²) in [6.07, 6.45) is 0. The quantitative estimate of drug-likeness (QED) is 0.725. The smallest absolute Gasteiger partial charge is 0.254 e. The van der Waals surface area contributed by atoms with Crippen molar-refractivity contribution in [2.75, 3.05) is 7.05 Å². The second-order valence-electron chi connectivity index (χ2n) is 6.34. The minimum absolute atomic E-state index is 0.0611. The fourth-order valence-electron chi connectivity index (χ4n) is 2.79. The van der Waals surface area contributed by atoms with E-state index < -0.39 is 0 Å². The third kappa shape index (κ3) is 3.94. The Hall–Kier alpha value is -2.95. The molecule has 0 spiro atoms. The van der Waals surface area contributed by atoms with Gasteiger partial charge in [-0.1, -0.05) is 17.3 Å². The summed E-state index contributed by atoms with van der Waals surface area (Å²) in [5.41, 5.74) is 5.51. The molecule has 1 aromatic carbocycles. The summed E-state index contributed by atoms with van der Waals surface area (Å²) in [7, 11) is 1.75. The Morgan fingerprint density at radius 1 is 1.04 bits per heavy atom. The highest BCUT2D eigenvalue weighted by Crippen LogP contribution is 2.20. The molecule has 2 heterocycles. The SMILES string of the molecule is Cc1cc(C)nc(-c2ccc(C(=O)N(C)Cc3cc(C)no3)cc2)c1. The molecule has 0 unspecified atom stereocenters. The molecule has 5 nitrogen and oxygen atoms in total. The lowest BCUT2D eigenvalue weighted by molar-refractivity contribution is 0.0772. The fourth-order valence-corrected chi connectivity index (χ4v) is 2.79. The summed E-state index contributed by atoms with van der Waals surface area (Å²) >= 11 is 0. The van der Waals surface area contributed by atoms with Gasteiger partial charge in [-0.3, -0.25) is 9.78 Å². The van der Waals surface area contributed by atoms with Crippen molar-refractivity contribution in [3.63, 3.8) is 0 Å². The van der Waals surface area contributed by atoms with Crippen LogP contribution in [0.5, 0.6) is 0 Å².